The van der Waals surface area contributed by atoms with Crippen molar-refractivity contribution in [2.75, 3.05) is 0 Å². The van der Waals surface area contributed by atoms with E-state index >= 15 is 0 Å². The molecule has 0 spiro atoms. The molecule has 171 valence electrons. The first-order valence-corrected chi connectivity index (χ1v) is 10.6. The fourth-order valence-electron chi connectivity index (χ4n) is 3.41. The van der Waals surface area contributed by atoms with E-state index in [2.05, 4.69) is 9.97 Å². The van der Waals surface area contributed by atoms with E-state index in [1.165, 1.54) is 0 Å². The van der Waals surface area contributed by atoms with Crippen molar-refractivity contribution < 1.29 is 15.3 Å². The molecule has 3 N–H and O–H groups in total. The van der Waals surface area contributed by atoms with Gasteiger partial charge in [0.1, 0.15) is 28.3 Å². The monoisotopic (exact) mass is 467 g/mol. The minimum Gasteiger partial charge on any atom is -0.508 e. The van der Waals surface area contributed by atoms with E-state index in [0.717, 1.165) is 33.3 Å². The van der Waals surface area contributed by atoms with E-state index in [1.807, 2.05) is 82.3 Å². The maximum atomic E-state index is 9.43. The molecule has 0 aliphatic rings. The largest absolute Gasteiger partial charge is 0.508 e. The lowest BCUT2D eigenvalue weighted by molar-refractivity contribution is 0.474. The summed E-state index contributed by atoms with van der Waals surface area (Å²) in [5.74, 6) is 0.847. The van der Waals surface area contributed by atoms with Crippen molar-refractivity contribution in [2.45, 2.75) is 27.7 Å². The van der Waals surface area contributed by atoms with Crippen molar-refractivity contribution in [3.05, 3.63) is 101 Å². The molecule has 0 saturated carbocycles. The van der Waals surface area contributed by atoms with Gasteiger partial charge in [-0.15, -0.1) is 0 Å². The van der Waals surface area contributed by atoms with Crippen molar-refractivity contribution in [3.63, 3.8) is 0 Å². The van der Waals surface area contributed by atoms with E-state index < -0.39 is 0 Å². The lowest BCUT2D eigenvalue weighted by Crippen LogP contribution is -1.82. The number of hydrogen-bond donors (Lipinski definition) is 3. The van der Waals surface area contributed by atoms with Gasteiger partial charge < -0.3 is 15.3 Å². The number of aryl methyl sites for hydroxylation is 4. The molecule has 3 aromatic carbocycles. The Kier molecular flexibility index (Phi) is 9.44. The van der Waals surface area contributed by atoms with Gasteiger partial charge in [0, 0.05) is 39.5 Å². The Morgan fingerprint density at radius 3 is 1.32 bits per heavy atom. The van der Waals surface area contributed by atoms with Crippen molar-refractivity contribution in [1.29, 1.82) is 0 Å². The summed E-state index contributed by atoms with van der Waals surface area (Å²) in [5.41, 5.74) is 5.41. The van der Waals surface area contributed by atoms with Gasteiger partial charge in [0.15, 0.2) is 0 Å². The molecular formula is C28H28AlN2O3. The Morgan fingerprint density at radius 1 is 0.529 bits per heavy atom. The molecule has 5 rings (SSSR count). The molecule has 0 bridgehead atoms. The molecule has 3 radical (unpaired) electrons. The normalized spacial score (nSPS) is 9.88. The Bertz CT molecular complexity index is 1270. The number of fused-ring (bicyclic) bond motifs is 2. The quantitative estimate of drug-likeness (QED) is 0.239. The topological polar surface area (TPSA) is 86.5 Å². The molecule has 6 heteroatoms. The second kappa shape index (κ2) is 12.0. The summed E-state index contributed by atoms with van der Waals surface area (Å²) in [7, 11) is 0. The van der Waals surface area contributed by atoms with Crippen LogP contribution in [0.4, 0.5) is 0 Å². The molecule has 0 atom stereocenters. The molecule has 2 aromatic heterocycles. The third-order valence-corrected chi connectivity index (χ3v) is 4.88. The van der Waals surface area contributed by atoms with Crippen molar-refractivity contribution >= 4 is 39.2 Å². The van der Waals surface area contributed by atoms with E-state index in [9.17, 15) is 10.2 Å². The Morgan fingerprint density at radius 2 is 0.941 bits per heavy atom. The SMILES string of the molecule is Cc1cc(C)cc(O)c1.Cc1ccc2cccc(O)c2n1.Cc1ccc2cccc(O)c2n1.[Al]. The van der Waals surface area contributed by atoms with Crippen LogP contribution >= 0.6 is 0 Å². The van der Waals surface area contributed by atoms with Crippen molar-refractivity contribution in [3.8, 4) is 17.2 Å². The molecule has 0 unspecified atom stereocenters. The third-order valence-electron chi connectivity index (χ3n) is 4.88. The van der Waals surface area contributed by atoms with Crippen LogP contribution in [0.1, 0.15) is 22.5 Å². The first kappa shape index (κ1) is 26.7. The lowest BCUT2D eigenvalue weighted by Gasteiger charge is -1.99. The predicted molar refractivity (Wildman–Crippen MR) is 140 cm³/mol. The minimum absolute atomic E-state index is 0. The molecule has 5 nitrogen and oxygen atoms in total. The second-order valence-electron chi connectivity index (χ2n) is 7.95. The molecule has 0 aliphatic heterocycles. The number of aromatic hydroxyl groups is 3. The first-order chi connectivity index (χ1) is 15.7. The number of hydrogen-bond acceptors (Lipinski definition) is 5. The van der Waals surface area contributed by atoms with Gasteiger partial charge in [0.25, 0.3) is 0 Å². The first-order valence-electron chi connectivity index (χ1n) is 10.6. The van der Waals surface area contributed by atoms with Gasteiger partial charge >= 0.3 is 0 Å². The number of phenols is 3. The standard InChI is InChI=1S/2C10H9NO.C8H10O.Al/c2*1-7-5-6-8-3-2-4-9(12)10(8)11-7;1-6-3-7(2)5-8(9)4-6;/h2*2-6,12H,1H3;3-5,9H,1-2H3;. The van der Waals surface area contributed by atoms with Crippen LogP contribution in [0.2, 0.25) is 0 Å². The number of nitrogens with zero attached hydrogens (tertiary/aromatic N) is 2. The number of rotatable bonds is 0. The van der Waals surface area contributed by atoms with E-state index in [-0.39, 0.29) is 28.9 Å². The van der Waals surface area contributed by atoms with Crippen LogP contribution in [0.25, 0.3) is 21.8 Å². The molecule has 0 amide bonds. The third kappa shape index (κ3) is 7.21. The smallest absolute Gasteiger partial charge is 0.141 e. The fourth-order valence-corrected chi connectivity index (χ4v) is 3.41. The van der Waals surface area contributed by atoms with Gasteiger partial charge in [-0.05, 0) is 75.2 Å². The van der Waals surface area contributed by atoms with Crippen LogP contribution in [0.5, 0.6) is 17.2 Å². The molecule has 0 saturated heterocycles. The summed E-state index contributed by atoms with van der Waals surface area (Å²) in [4.78, 5) is 8.45. The van der Waals surface area contributed by atoms with Crippen LogP contribution in [0, 0.1) is 27.7 Å². The van der Waals surface area contributed by atoms with Crippen molar-refractivity contribution in [2.24, 2.45) is 0 Å². The maximum absolute atomic E-state index is 9.43. The van der Waals surface area contributed by atoms with Crippen molar-refractivity contribution in [1.82, 2.24) is 9.97 Å². The van der Waals surface area contributed by atoms with Crippen LogP contribution in [-0.4, -0.2) is 42.6 Å². The maximum Gasteiger partial charge on any atom is 0.141 e. The van der Waals surface area contributed by atoms with Gasteiger partial charge in [-0.1, -0.05) is 42.5 Å². The molecule has 0 fully saturated rings. The summed E-state index contributed by atoms with van der Waals surface area (Å²) in [6.45, 7) is 7.75. The number of benzene rings is 3. The van der Waals surface area contributed by atoms with Crippen LogP contribution in [-0.2, 0) is 0 Å². The number of phenolic OH excluding ortho intramolecular Hbond substituents is 3. The Hall–Kier alpha value is -3.59. The van der Waals surface area contributed by atoms with Gasteiger partial charge in [-0.3, -0.25) is 0 Å². The number of para-hydroxylation sites is 2. The zero-order chi connectivity index (χ0) is 24.0. The zero-order valence-corrected chi connectivity index (χ0v) is 21.0. The highest BCUT2D eigenvalue weighted by Gasteiger charge is 2.00. The summed E-state index contributed by atoms with van der Waals surface area (Å²) in [6, 6.07) is 24.1. The zero-order valence-electron chi connectivity index (χ0n) is 19.8. The summed E-state index contributed by atoms with van der Waals surface area (Å²) < 4.78 is 0. The van der Waals surface area contributed by atoms with Gasteiger partial charge in [-0.25, -0.2) is 9.97 Å². The summed E-state index contributed by atoms with van der Waals surface area (Å²) in [5, 5.41) is 29.8. The molecule has 0 aliphatic carbocycles. The van der Waals surface area contributed by atoms with Crippen LogP contribution in [0.15, 0.2) is 78.9 Å². The van der Waals surface area contributed by atoms with Gasteiger partial charge in [-0.2, -0.15) is 0 Å². The van der Waals surface area contributed by atoms with Crippen LogP contribution < -0.4 is 0 Å². The van der Waals surface area contributed by atoms with E-state index in [0.29, 0.717) is 16.8 Å². The molecule has 5 aromatic rings. The van der Waals surface area contributed by atoms with Crippen LogP contribution in [0.3, 0.4) is 0 Å². The second-order valence-corrected chi connectivity index (χ2v) is 7.95. The van der Waals surface area contributed by atoms with Gasteiger partial charge in [0.05, 0.1) is 0 Å². The van der Waals surface area contributed by atoms with E-state index in [1.54, 1.807) is 24.3 Å². The highest BCUT2D eigenvalue weighted by molar-refractivity contribution is 5.84. The number of pyridine rings is 2. The summed E-state index contributed by atoms with van der Waals surface area (Å²) in [6.07, 6.45) is 0. The summed E-state index contributed by atoms with van der Waals surface area (Å²) >= 11 is 0. The highest BCUT2D eigenvalue weighted by Crippen LogP contribution is 2.22. The molecule has 2 heterocycles. The fraction of sp³-hybridized carbons (Fsp3) is 0.143. The lowest BCUT2D eigenvalue weighted by atomic mass is 10.1. The highest BCUT2D eigenvalue weighted by atomic mass is 27.0. The minimum atomic E-state index is 0. The number of aromatic nitrogens is 2. The van der Waals surface area contributed by atoms with Gasteiger partial charge in [0.2, 0.25) is 0 Å². The molecule has 34 heavy (non-hydrogen) atoms. The average molecular weight is 468 g/mol. The Labute approximate surface area is 210 Å². The predicted octanol–water partition coefficient (Wildman–Crippen LogP) is 6.13. The van der Waals surface area contributed by atoms with E-state index in [4.69, 9.17) is 5.11 Å². The molecular weight excluding hydrogens is 439 g/mol. The Balaban J connectivity index is 0.000000180. The average Bonchev–Trinajstić information content (AvgIpc) is 2.75.